The Balaban J connectivity index is 1.40. The number of nitrogens with zero attached hydrogens (tertiary/aromatic N) is 4. The summed E-state index contributed by atoms with van der Waals surface area (Å²) in [5.41, 5.74) is 2.71. The quantitative estimate of drug-likeness (QED) is 0.687. The largest absolute Gasteiger partial charge is 0.492 e. The Morgan fingerprint density at radius 1 is 1.04 bits per heavy atom. The SMILES string of the molecule is CCOc1ccccc1N1CCN(c2ncnc3sc4c(c23)CCC4)CC1. The van der Waals surface area contributed by atoms with E-state index in [-0.39, 0.29) is 0 Å². The highest BCUT2D eigenvalue weighted by atomic mass is 32.1. The van der Waals surface area contributed by atoms with Gasteiger partial charge in [0.2, 0.25) is 0 Å². The molecule has 1 aliphatic heterocycles. The first-order valence-corrected chi connectivity index (χ1v) is 10.6. The van der Waals surface area contributed by atoms with E-state index in [9.17, 15) is 0 Å². The van der Waals surface area contributed by atoms with E-state index in [0.717, 1.165) is 42.6 Å². The second kappa shape index (κ2) is 7.00. The number of hydrogen-bond donors (Lipinski definition) is 0. The van der Waals surface area contributed by atoms with Gasteiger partial charge >= 0.3 is 0 Å². The fourth-order valence-electron chi connectivity index (χ4n) is 4.31. The average molecular weight is 381 g/mol. The summed E-state index contributed by atoms with van der Waals surface area (Å²) in [6.45, 7) is 6.62. The molecule has 0 unspecified atom stereocenters. The molecule has 6 heteroatoms. The summed E-state index contributed by atoms with van der Waals surface area (Å²) in [6.07, 6.45) is 5.39. The van der Waals surface area contributed by atoms with E-state index in [2.05, 4.69) is 33.0 Å². The van der Waals surface area contributed by atoms with Crippen molar-refractivity contribution in [2.45, 2.75) is 26.2 Å². The smallest absolute Gasteiger partial charge is 0.142 e. The molecule has 2 aliphatic rings. The van der Waals surface area contributed by atoms with E-state index in [1.807, 2.05) is 24.3 Å². The first-order valence-electron chi connectivity index (χ1n) is 9.82. The zero-order valence-corrected chi connectivity index (χ0v) is 16.5. The van der Waals surface area contributed by atoms with Crippen LogP contribution < -0.4 is 14.5 Å². The van der Waals surface area contributed by atoms with E-state index in [0.29, 0.717) is 6.61 Å². The molecule has 5 nitrogen and oxygen atoms in total. The number of piperazine rings is 1. The molecule has 140 valence electrons. The highest BCUT2D eigenvalue weighted by Crippen LogP contribution is 2.40. The predicted octanol–water partition coefficient (Wildman–Crippen LogP) is 3.91. The Bertz CT molecular complexity index is 962. The van der Waals surface area contributed by atoms with Crippen LogP contribution >= 0.6 is 11.3 Å². The van der Waals surface area contributed by atoms with E-state index >= 15 is 0 Å². The van der Waals surface area contributed by atoms with Crippen LogP contribution in [0.2, 0.25) is 0 Å². The van der Waals surface area contributed by atoms with Crippen molar-refractivity contribution in [3.63, 3.8) is 0 Å². The molecule has 5 rings (SSSR count). The van der Waals surface area contributed by atoms with Crippen LogP contribution in [-0.4, -0.2) is 42.8 Å². The van der Waals surface area contributed by atoms with Gasteiger partial charge in [0.05, 0.1) is 17.7 Å². The molecule has 1 aliphatic carbocycles. The minimum absolute atomic E-state index is 0.694. The Morgan fingerprint density at radius 3 is 2.70 bits per heavy atom. The van der Waals surface area contributed by atoms with Gasteiger partial charge in [-0.15, -0.1) is 11.3 Å². The topological polar surface area (TPSA) is 41.5 Å². The van der Waals surface area contributed by atoms with Crippen LogP contribution in [0.3, 0.4) is 0 Å². The van der Waals surface area contributed by atoms with Gasteiger partial charge in [-0.25, -0.2) is 9.97 Å². The van der Waals surface area contributed by atoms with Crippen molar-refractivity contribution in [2.24, 2.45) is 0 Å². The van der Waals surface area contributed by atoms with Gasteiger partial charge in [0.1, 0.15) is 22.7 Å². The van der Waals surface area contributed by atoms with Crippen LogP contribution in [0, 0.1) is 0 Å². The molecule has 1 fully saturated rings. The molecule has 0 bridgehead atoms. The maximum Gasteiger partial charge on any atom is 0.142 e. The van der Waals surface area contributed by atoms with Crippen LogP contribution in [0.15, 0.2) is 30.6 Å². The summed E-state index contributed by atoms with van der Waals surface area (Å²) in [4.78, 5) is 16.8. The number of aryl methyl sites for hydroxylation is 2. The Labute approximate surface area is 163 Å². The lowest BCUT2D eigenvalue weighted by atomic mass is 10.1. The summed E-state index contributed by atoms with van der Waals surface area (Å²) in [5, 5.41) is 1.32. The maximum atomic E-state index is 5.82. The summed E-state index contributed by atoms with van der Waals surface area (Å²) in [7, 11) is 0. The lowest BCUT2D eigenvalue weighted by molar-refractivity contribution is 0.340. The normalized spacial score (nSPS) is 16.8. The summed E-state index contributed by atoms with van der Waals surface area (Å²) >= 11 is 1.86. The zero-order chi connectivity index (χ0) is 18.2. The van der Waals surface area contributed by atoms with Crippen molar-refractivity contribution >= 4 is 33.1 Å². The fraction of sp³-hybridized carbons (Fsp3) is 0.429. The molecule has 0 N–H and O–H groups in total. The first-order chi connectivity index (χ1) is 13.3. The molecule has 1 aromatic carbocycles. The molecular formula is C21H24N4OS. The number of ether oxygens (including phenoxy) is 1. The van der Waals surface area contributed by atoms with Crippen LogP contribution in [0.1, 0.15) is 23.8 Å². The van der Waals surface area contributed by atoms with Crippen molar-refractivity contribution in [1.29, 1.82) is 0 Å². The molecule has 0 amide bonds. The second-order valence-electron chi connectivity index (χ2n) is 7.11. The van der Waals surface area contributed by atoms with Gasteiger partial charge < -0.3 is 14.5 Å². The van der Waals surface area contributed by atoms with Crippen molar-refractivity contribution < 1.29 is 4.74 Å². The Kier molecular flexibility index (Phi) is 4.36. The van der Waals surface area contributed by atoms with Crippen molar-refractivity contribution in [3.8, 4) is 5.75 Å². The van der Waals surface area contributed by atoms with Gasteiger partial charge in [-0.05, 0) is 43.9 Å². The third-order valence-electron chi connectivity index (χ3n) is 5.57. The molecule has 0 saturated carbocycles. The molecule has 3 heterocycles. The van der Waals surface area contributed by atoms with E-state index in [1.165, 1.54) is 40.8 Å². The summed E-state index contributed by atoms with van der Waals surface area (Å²) in [6, 6.07) is 8.36. The maximum absolute atomic E-state index is 5.82. The minimum atomic E-state index is 0.694. The molecule has 0 radical (unpaired) electrons. The van der Waals surface area contributed by atoms with Crippen LogP contribution in [0.5, 0.6) is 5.75 Å². The third kappa shape index (κ3) is 2.92. The van der Waals surface area contributed by atoms with Crippen LogP contribution in [-0.2, 0) is 12.8 Å². The molecule has 3 aromatic rings. The van der Waals surface area contributed by atoms with E-state index < -0.39 is 0 Å². The lowest BCUT2D eigenvalue weighted by Crippen LogP contribution is -2.47. The Morgan fingerprint density at radius 2 is 1.85 bits per heavy atom. The van der Waals surface area contributed by atoms with E-state index in [4.69, 9.17) is 9.72 Å². The van der Waals surface area contributed by atoms with Gasteiger partial charge in [-0.1, -0.05) is 12.1 Å². The number of para-hydroxylation sites is 2. The van der Waals surface area contributed by atoms with Gasteiger partial charge in [-0.2, -0.15) is 0 Å². The van der Waals surface area contributed by atoms with Gasteiger partial charge in [0.25, 0.3) is 0 Å². The van der Waals surface area contributed by atoms with Crippen LogP contribution in [0.25, 0.3) is 10.2 Å². The van der Waals surface area contributed by atoms with Crippen molar-refractivity contribution in [2.75, 3.05) is 42.6 Å². The second-order valence-corrected chi connectivity index (χ2v) is 8.19. The number of aromatic nitrogens is 2. The average Bonchev–Trinajstić information content (AvgIpc) is 3.30. The van der Waals surface area contributed by atoms with E-state index in [1.54, 1.807) is 6.33 Å². The molecule has 27 heavy (non-hydrogen) atoms. The molecule has 0 atom stereocenters. The number of thiophene rings is 1. The van der Waals surface area contributed by atoms with Crippen molar-refractivity contribution in [3.05, 3.63) is 41.0 Å². The molecule has 0 spiro atoms. The lowest BCUT2D eigenvalue weighted by Gasteiger charge is -2.37. The highest BCUT2D eigenvalue weighted by Gasteiger charge is 2.26. The summed E-state index contributed by atoms with van der Waals surface area (Å²) in [5.74, 6) is 2.12. The first kappa shape index (κ1) is 16.8. The van der Waals surface area contributed by atoms with Gasteiger partial charge in [-0.3, -0.25) is 0 Å². The van der Waals surface area contributed by atoms with Crippen LogP contribution in [0.4, 0.5) is 11.5 Å². The molecule has 2 aromatic heterocycles. The van der Waals surface area contributed by atoms with Gasteiger partial charge in [0.15, 0.2) is 0 Å². The zero-order valence-electron chi connectivity index (χ0n) is 15.6. The third-order valence-corrected chi connectivity index (χ3v) is 6.77. The number of anilines is 2. The Hall–Kier alpha value is -2.34. The number of fused-ring (bicyclic) bond motifs is 3. The number of rotatable bonds is 4. The number of benzene rings is 1. The highest BCUT2D eigenvalue weighted by molar-refractivity contribution is 7.19. The minimum Gasteiger partial charge on any atom is -0.492 e. The predicted molar refractivity (Wildman–Crippen MR) is 111 cm³/mol. The summed E-state index contributed by atoms with van der Waals surface area (Å²) < 4.78 is 5.82. The van der Waals surface area contributed by atoms with Gasteiger partial charge in [0, 0.05) is 31.1 Å². The monoisotopic (exact) mass is 380 g/mol. The molecular weight excluding hydrogens is 356 g/mol. The molecule has 1 saturated heterocycles. The van der Waals surface area contributed by atoms with Crippen molar-refractivity contribution in [1.82, 2.24) is 9.97 Å². The fourth-order valence-corrected chi connectivity index (χ4v) is 5.53. The number of hydrogen-bond acceptors (Lipinski definition) is 6. The standard InChI is InChI=1S/C21H24N4OS/c1-2-26-17-8-4-3-7-16(17)24-10-12-25(13-11-24)20-19-15-6-5-9-18(15)27-21(19)23-14-22-20/h3-4,7-8,14H,2,5-6,9-13H2,1H3.